The van der Waals surface area contributed by atoms with E-state index in [1.54, 1.807) is 49.4 Å². The number of benzene rings is 3. The van der Waals surface area contributed by atoms with E-state index in [-0.39, 0.29) is 10.6 Å². The van der Waals surface area contributed by atoms with E-state index in [1.807, 2.05) is 24.5 Å². The van der Waals surface area contributed by atoms with Crippen LogP contribution in [0.3, 0.4) is 0 Å². The van der Waals surface area contributed by atoms with Crippen LogP contribution in [0.25, 0.3) is 0 Å². The van der Waals surface area contributed by atoms with Gasteiger partial charge < -0.3 is 14.8 Å². The molecule has 3 rings (SSSR count). The molecule has 1 amide bonds. The second kappa shape index (κ2) is 10.6. The molecule has 0 saturated carbocycles. The maximum Gasteiger partial charge on any atom is 0.268 e. The number of carbonyl (C=O) groups excluding carboxylic acids is 1. The van der Waals surface area contributed by atoms with Gasteiger partial charge in [0.15, 0.2) is 0 Å². The first-order valence-corrected chi connectivity index (χ1v) is 12.7. The zero-order valence-electron chi connectivity index (χ0n) is 18.9. The van der Waals surface area contributed by atoms with Crippen LogP contribution >= 0.6 is 11.8 Å². The monoisotopic (exact) mass is 486 g/mol. The van der Waals surface area contributed by atoms with Crippen molar-refractivity contribution in [2.75, 3.05) is 36.6 Å². The number of hydrogen-bond donors (Lipinski definition) is 1. The molecule has 3 aromatic carbocycles. The molecule has 0 unspecified atom stereocenters. The minimum absolute atomic E-state index is 0.0156. The third kappa shape index (κ3) is 5.61. The summed E-state index contributed by atoms with van der Waals surface area (Å²) in [7, 11) is -1.20. The smallest absolute Gasteiger partial charge is 0.268 e. The summed E-state index contributed by atoms with van der Waals surface area (Å²) in [6.07, 6.45) is 1.91. The molecule has 0 saturated heterocycles. The first-order valence-electron chi connectivity index (χ1n) is 10.0. The Morgan fingerprint density at radius 2 is 1.70 bits per heavy atom. The predicted molar refractivity (Wildman–Crippen MR) is 132 cm³/mol. The average molecular weight is 487 g/mol. The number of methoxy groups -OCH3 is 2. The standard InChI is InChI=1S/C24H26N2O5S2/c1-17-9-14-21(31-3)23(15-17)33(28,29)26(18-10-12-19(30-2)13-11-18)16-24(27)25-20-7-5-6-8-22(20)32-4/h5-15H,16H2,1-4H3,(H,25,27). The van der Waals surface area contributed by atoms with Crippen molar-refractivity contribution in [1.29, 1.82) is 0 Å². The van der Waals surface area contributed by atoms with Crippen molar-refractivity contribution >= 4 is 39.1 Å². The van der Waals surface area contributed by atoms with E-state index in [4.69, 9.17) is 9.47 Å². The first kappa shape index (κ1) is 24.5. The topological polar surface area (TPSA) is 84.9 Å². The molecule has 0 aliphatic heterocycles. The number of para-hydroxylation sites is 1. The van der Waals surface area contributed by atoms with Gasteiger partial charge in [-0.2, -0.15) is 0 Å². The summed E-state index contributed by atoms with van der Waals surface area (Å²) in [4.78, 5) is 13.9. The normalized spacial score (nSPS) is 11.0. The summed E-state index contributed by atoms with van der Waals surface area (Å²) in [5.74, 6) is 0.303. The zero-order valence-corrected chi connectivity index (χ0v) is 20.5. The van der Waals surface area contributed by atoms with E-state index < -0.39 is 22.5 Å². The lowest BCUT2D eigenvalue weighted by Crippen LogP contribution is -2.38. The lowest BCUT2D eigenvalue weighted by atomic mass is 10.2. The molecule has 0 atom stereocenters. The molecule has 0 aliphatic rings. The van der Waals surface area contributed by atoms with E-state index >= 15 is 0 Å². The Hall–Kier alpha value is -3.17. The number of aryl methyl sites for hydroxylation is 1. The number of carbonyl (C=O) groups is 1. The number of sulfonamides is 1. The minimum Gasteiger partial charge on any atom is -0.497 e. The highest BCUT2D eigenvalue weighted by molar-refractivity contribution is 7.98. The van der Waals surface area contributed by atoms with Gasteiger partial charge in [-0.1, -0.05) is 18.2 Å². The highest BCUT2D eigenvalue weighted by Gasteiger charge is 2.30. The van der Waals surface area contributed by atoms with Crippen LogP contribution in [0.4, 0.5) is 11.4 Å². The molecule has 0 fully saturated rings. The Balaban J connectivity index is 2.03. The first-order chi connectivity index (χ1) is 15.8. The van der Waals surface area contributed by atoms with Crippen LogP contribution in [-0.2, 0) is 14.8 Å². The Morgan fingerprint density at radius 1 is 1.00 bits per heavy atom. The van der Waals surface area contributed by atoms with Crippen LogP contribution < -0.4 is 19.1 Å². The SMILES string of the molecule is COc1ccc(N(CC(=O)Nc2ccccc2SC)S(=O)(=O)c2cc(C)ccc2OC)cc1. The number of amides is 1. The second-order valence-electron chi connectivity index (χ2n) is 7.11. The van der Waals surface area contributed by atoms with Crippen molar-refractivity contribution in [1.82, 2.24) is 0 Å². The van der Waals surface area contributed by atoms with E-state index in [1.165, 1.54) is 32.0 Å². The van der Waals surface area contributed by atoms with E-state index in [0.717, 1.165) is 14.8 Å². The van der Waals surface area contributed by atoms with Gasteiger partial charge in [0.25, 0.3) is 10.0 Å². The Morgan fingerprint density at radius 3 is 2.33 bits per heavy atom. The Kier molecular flexibility index (Phi) is 7.88. The summed E-state index contributed by atoms with van der Waals surface area (Å²) in [5.41, 5.74) is 1.70. The number of hydrogen-bond acceptors (Lipinski definition) is 6. The fourth-order valence-corrected chi connectivity index (χ4v) is 5.45. The number of anilines is 2. The van der Waals surface area contributed by atoms with Crippen LogP contribution in [0.1, 0.15) is 5.56 Å². The van der Waals surface area contributed by atoms with Crippen LogP contribution in [0, 0.1) is 6.92 Å². The van der Waals surface area contributed by atoms with Crippen molar-refractivity contribution in [3.8, 4) is 11.5 Å². The van der Waals surface area contributed by atoms with Crippen molar-refractivity contribution < 1.29 is 22.7 Å². The van der Waals surface area contributed by atoms with Gasteiger partial charge in [-0.05, 0) is 67.3 Å². The van der Waals surface area contributed by atoms with Crippen LogP contribution in [-0.4, -0.2) is 41.3 Å². The Labute approximate surface area is 198 Å². The van der Waals surface area contributed by atoms with E-state index in [0.29, 0.717) is 17.1 Å². The van der Waals surface area contributed by atoms with Gasteiger partial charge >= 0.3 is 0 Å². The van der Waals surface area contributed by atoms with Crippen molar-refractivity contribution in [2.24, 2.45) is 0 Å². The largest absolute Gasteiger partial charge is 0.497 e. The van der Waals surface area contributed by atoms with Crippen molar-refractivity contribution in [2.45, 2.75) is 16.7 Å². The molecule has 0 spiro atoms. The van der Waals surface area contributed by atoms with Gasteiger partial charge in [0, 0.05) is 4.90 Å². The number of nitrogens with one attached hydrogen (secondary N) is 1. The molecule has 0 bridgehead atoms. The van der Waals surface area contributed by atoms with Crippen molar-refractivity contribution in [3.05, 3.63) is 72.3 Å². The van der Waals surface area contributed by atoms with Gasteiger partial charge in [-0.3, -0.25) is 9.10 Å². The predicted octanol–water partition coefficient (Wildman–Crippen LogP) is 4.57. The number of thioether (sulfide) groups is 1. The van der Waals surface area contributed by atoms with Crippen LogP contribution in [0.2, 0.25) is 0 Å². The van der Waals surface area contributed by atoms with Gasteiger partial charge in [-0.15, -0.1) is 11.8 Å². The third-order valence-corrected chi connectivity index (χ3v) is 7.51. The quantitative estimate of drug-likeness (QED) is 0.446. The van der Waals surface area contributed by atoms with Gasteiger partial charge in [-0.25, -0.2) is 8.42 Å². The maximum atomic E-state index is 13.8. The summed E-state index contributed by atoms with van der Waals surface area (Å²) < 4.78 is 39.1. The van der Waals surface area contributed by atoms with Gasteiger partial charge in [0.1, 0.15) is 22.9 Å². The van der Waals surface area contributed by atoms with Crippen molar-refractivity contribution in [3.63, 3.8) is 0 Å². The second-order valence-corrected chi connectivity index (χ2v) is 9.79. The fourth-order valence-electron chi connectivity index (χ4n) is 3.24. The highest BCUT2D eigenvalue weighted by Crippen LogP contribution is 2.32. The zero-order chi connectivity index (χ0) is 24.0. The summed E-state index contributed by atoms with van der Waals surface area (Å²) in [5, 5.41) is 2.83. The summed E-state index contributed by atoms with van der Waals surface area (Å²) in [6, 6.07) is 18.7. The van der Waals surface area contributed by atoms with E-state index in [2.05, 4.69) is 5.32 Å². The minimum atomic E-state index is -4.14. The van der Waals surface area contributed by atoms with Crippen LogP contribution in [0.15, 0.2) is 76.5 Å². The third-order valence-electron chi connectivity index (χ3n) is 4.92. The molecular weight excluding hydrogens is 460 g/mol. The molecule has 33 heavy (non-hydrogen) atoms. The number of rotatable bonds is 9. The van der Waals surface area contributed by atoms with Gasteiger partial charge in [0.05, 0.1) is 25.6 Å². The number of nitrogens with zero attached hydrogens (tertiary/aromatic N) is 1. The molecular formula is C24H26N2O5S2. The molecule has 0 radical (unpaired) electrons. The average Bonchev–Trinajstić information content (AvgIpc) is 2.83. The fraction of sp³-hybridized carbons (Fsp3) is 0.208. The van der Waals surface area contributed by atoms with E-state index in [9.17, 15) is 13.2 Å². The maximum absolute atomic E-state index is 13.8. The Bertz CT molecular complexity index is 1230. The molecule has 9 heteroatoms. The van der Waals surface area contributed by atoms with Crippen LogP contribution in [0.5, 0.6) is 11.5 Å². The summed E-state index contributed by atoms with van der Waals surface area (Å²) >= 11 is 1.49. The van der Waals surface area contributed by atoms with Gasteiger partial charge in [0.2, 0.25) is 5.91 Å². The summed E-state index contributed by atoms with van der Waals surface area (Å²) in [6.45, 7) is 1.37. The lowest BCUT2D eigenvalue weighted by Gasteiger charge is -2.25. The molecule has 7 nitrogen and oxygen atoms in total. The molecule has 0 aliphatic carbocycles. The molecule has 174 valence electrons. The molecule has 3 aromatic rings. The molecule has 0 aromatic heterocycles. The number of ether oxygens (including phenoxy) is 2. The highest BCUT2D eigenvalue weighted by atomic mass is 32.2. The molecule has 0 heterocycles. The molecule has 1 N–H and O–H groups in total. The lowest BCUT2D eigenvalue weighted by molar-refractivity contribution is -0.114.